The van der Waals surface area contributed by atoms with Gasteiger partial charge in [0, 0.05) is 26.0 Å². The zero-order chi connectivity index (χ0) is 24.2. The zero-order valence-electron chi connectivity index (χ0n) is 20.1. The number of aliphatic hydroxyl groups excluding tert-OH is 1. The third-order valence-electron chi connectivity index (χ3n) is 5.82. The van der Waals surface area contributed by atoms with Crippen LogP contribution in [0.15, 0.2) is 102 Å². The van der Waals surface area contributed by atoms with Crippen LogP contribution in [0.2, 0.25) is 0 Å². The summed E-state index contributed by atoms with van der Waals surface area (Å²) in [6.45, 7) is 4.47. The molecule has 2 N–H and O–H groups in total. The second kappa shape index (κ2) is 13.3. The number of hydrogen-bond donors (Lipinski definition) is 2. The Bertz CT molecular complexity index is 1030. The molecule has 0 aromatic heterocycles. The van der Waals surface area contributed by atoms with Gasteiger partial charge in [-0.3, -0.25) is 9.80 Å². The van der Waals surface area contributed by atoms with Crippen LogP contribution < -0.4 is 10.3 Å². The summed E-state index contributed by atoms with van der Waals surface area (Å²) < 4.78 is 0. The molecule has 5 heteroatoms. The van der Waals surface area contributed by atoms with Gasteiger partial charge in [0.2, 0.25) is 5.91 Å². The van der Waals surface area contributed by atoms with Gasteiger partial charge in [0.15, 0.2) is 0 Å². The number of carbonyl (C=O) groups is 1. The van der Waals surface area contributed by atoms with Crippen molar-refractivity contribution in [3.05, 3.63) is 102 Å². The van der Waals surface area contributed by atoms with Gasteiger partial charge in [-0.25, -0.2) is 0 Å². The van der Waals surface area contributed by atoms with Gasteiger partial charge in [0.05, 0.1) is 17.4 Å². The maximum absolute atomic E-state index is 10.1. The molecule has 2 unspecified atom stereocenters. The summed E-state index contributed by atoms with van der Waals surface area (Å²) in [5, 5.41) is 18.1. The van der Waals surface area contributed by atoms with Crippen LogP contribution in [0.25, 0.3) is 0 Å². The van der Waals surface area contributed by atoms with E-state index in [-0.39, 0.29) is 18.6 Å². The number of allylic oxidation sites excluding steroid dienone is 6. The molecule has 178 valence electrons. The van der Waals surface area contributed by atoms with Gasteiger partial charge < -0.3 is 10.4 Å². The Morgan fingerprint density at radius 3 is 2.44 bits per heavy atom. The number of nitrogens with zero attached hydrogens (tertiary/aromatic N) is 2. The summed E-state index contributed by atoms with van der Waals surface area (Å²) in [4.78, 5) is 10.1. The standard InChI is InChI=1S/C24H24N2.C5H11NO2/c1-19-23(20-13-7-3-2-4-8-14-20)25-26(22-17-11-6-12-18-22)24(19)21-15-9-5-10-16-21;1-5(8)6-3-2-4-7/h2-7,9-13,15-19,24H,8,14H2,1H3;7H,2-4H2,1H3,(H,6,8)/b4-2-,7-3-,20-13+;. The molecule has 0 saturated carbocycles. The summed E-state index contributed by atoms with van der Waals surface area (Å²) in [6.07, 6.45) is 13.5. The van der Waals surface area contributed by atoms with Gasteiger partial charge in [-0.05, 0) is 42.5 Å². The van der Waals surface area contributed by atoms with Crippen LogP contribution in [0.1, 0.15) is 44.7 Å². The molecule has 2 aromatic carbocycles. The van der Waals surface area contributed by atoms with Gasteiger partial charge in [-0.15, -0.1) is 0 Å². The molecule has 1 amide bonds. The number of carbonyl (C=O) groups excluding carboxylic acids is 1. The van der Waals surface area contributed by atoms with E-state index in [2.05, 4.69) is 108 Å². The first-order valence-corrected chi connectivity index (χ1v) is 12.0. The number of para-hydroxylation sites is 1. The van der Waals surface area contributed by atoms with E-state index in [1.165, 1.54) is 23.8 Å². The molecule has 0 bridgehead atoms. The predicted molar refractivity (Wildman–Crippen MR) is 141 cm³/mol. The van der Waals surface area contributed by atoms with E-state index in [1.807, 2.05) is 0 Å². The van der Waals surface area contributed by atoms with Crippen molar-refractivity contribution >= 4 is 17.3 Å². The number of nitrogens with one attached hydrogen (secondary N) is 1. The highest BCUT2D eigenvalue weighted by atomic mass is 16.3. The molecule has 1 aliphatic carbocycles. The van der Waals surface area contributed by atoms with Gasteiger partial charge in [0.1, 0.15) is 0 Å². The van der Waals surface area contributed by atoms with Crippen LogP contribution in [-0.2, 0) is 4.79 Å². The van der Waals surface area contributed by atoms with Crippen LogP contribution in [0, 0.1) is 5.92 Å². The highest BCUT2D eigenvalue weighted by molar-refractivity contribution is 6.04. The lowest BCUT2D eigenvalue weighted by atomic mass is 9.86. The lowest BCUT2D eigenvalue weighted by molar-refractivity contribution is -0.118. The Kier molecular flexibility index (Phi) is 9.86. The highest BCUT2D eigenvalue weighted by Gasteiger charge is 2.37. The van der Waals surface area contributed by atoms with Crippen molar-refractivity contribution in [2.45, 2.75) is 39.2 Å². The molecule has 4 rings (SSSR count). The molecule has 2 aromatic rings. The Balaban J connectivity index is 0.000000350. The van der Waals surface area contributed by atoms with Gasteiger partial charge in [-0.2, -0.15) is 5.10 Å². The third-order valence-corrected chi connectivity index (χ3v) is 5.82. The summed E-state index contributed by atoms with van der Waals surface area (Å²) in [5.41, 5.74) is 5.01. The molecule has 0 radical (unpaired) electrons. The second-order valence-electron chi connectivity index (χ2n) is 8.41. The number of benzene rings is 2. The summed E-state index contributed by atoms with van der Waals surface area (Å²) in [7, 11) is 0. The van der Waals surface area contributed by atoms with Crippen molar-refractivity contribution in [1.29, 1.82) is 0 Å². The van der Waals surface area contributed by atoms with E-state index < -0.39 is 0 Å². The van der Waals surface area contributed by atoms with Crippen LogP contribution in [-0.4, -0.2) is 29.9 Å². The fourth-order valence-electron chi connectivity index (χ4n) is 4.16. The first-order chi connectivity index (χ1) is 16.6. The average molecular weight is 458 g/mol. The third kappa shape index (κ3) is 7.03. The fourth-order valence-corrected chi connectivity index (χ4v) is 4.16. The maximum Gasteiger partial charge on any atom is 0.216 e. The molecule has 0 spiro atoms. The SMILES string of the molecule is CC(=O)NCCCO.CC1C(/C2=C/C=C\C=C/CC2)=NN(c2ccccc2)C1c1ccccc1. The number of aliphatic hydroxyl groups is 1. The molecule has 2 aliphatic rings. The maximum atomic E-state index is 10.1. The summed E-state index contributed by atoms with van der Waals surface area (Å²) >= 11 is 0. The molecule has 1 aliphatic heterocycles. The minimum Gasteiger partial charge on any atom is -0.396 e. The van der Waals surface area contributed by atoms with Crippen LogP contribution in [0.4, 0.5) is 5.69 Å². The van der Waals surface area contributed by atoms with Gasteiger partial charge in [-0.1, -0.05) is 85.8 Å². The summed E-state index contributed by atoms with van der Waals surface area (Å²) in [6, 6.07) is 21.5. The molecule has 0 fully saturated rings. The predicted octanol–water partition coefficient (Wildman–Crippen LogP) is 5.58. The zero-order valence-corrected chi connectivity index (χ0v) is 20.1. The van der Waals surface area contributed by atoms with Crippen molar-refractivity contribution in [2.75, 3.05) is 18.2 Å². The van der Waals surface area contributed by atoms with Crippen molar-refractivity contribution in [3.63, 3.8) is 0 Å². The Labute approximate surface area is 203 Å². The first kappa shape index (κ1) is 25.2. The number of hydrogen-bond acceptors (Lipinski definition) is 4. The van der Waals surface area contributed by atoms with Crippen molar-refractivity contribution in [2.24, 2.45) is 11.0 Å². The molecule has 2 atom stereocenters. The first-order valence-electron chi connectivity index (χ1n) is 12.0. The van der Waals surface area contributed by atoms with E-state index in [4.69, 9.17) is 10.2 Å². The van der Waals surface area contributed by atoms with E-state index >= 15 is 0 Å². The lowest BCUT2D eigenvalue weighted by Crippen LogP contribution is -2.24. The Hall–Kier alpha value is -3.44. The molecule has 5 nitrogen and oxygen atoms in total. The number of rotatable bonds is 6. The van der Waals surface area contributed by atoms with Crippen LogP contribution in [0.5, 0.6) is 0 Å². The van der Waals surface area contributed by atoms with E-state index in [0.717, 1.165) is 18.5 Å². The number of anilines is 1. The van der Waals surface area contributed by atoms with Gasteiger partial charge >= 0.3 is 0 Å². The number of hydrazone groups is 1. The quantitative estimate of drug-likeness (QED) is 0.557. The fraction of sp³-hybridized carbons (Fsp3) is 0.310. The van der Waals surface area contributed by atoms with Crippen molar-refractivity contribution in [1.82, 2.24) is 5.32 Å². The van der Waals surface area contributed by atoms with Crippen molar-refractivity contribution in [3.8, 4) is 0 Å². The molecular weight excluding hydrogens is 422 g/mol. The molecule has 0 saturated heterocycles. The summed E-state index contributed by atoms with van der Waals surface area (Å²) in [5.74, 6) is 0.291. The smallest absolute Gasteiger partial charge is 0.216 e. The van der Waals surface area contributed by atoms with Crippen LogP contribution >= 0.6 is 0 Å². The molecule has 1 heterocycles. The van der Waals surface area contributed by atoms with Crippen molar-refractivity contribution < 1.29 is 9.90 Å². The van der Waals surface area contributed by atoms with Crippen LogP contribution in [0.3, 0.4) is 0 Å². The highest BCUT2D eigenvalue weighted by Crippen LogP contribution is 2.41. The lowest BCUT2D eigenvalue weighted by Gasteiger charge is -2.27. The second-order valence-corrected chi connectivity index (χ2v) is 8.41. The van der Waals surface area contributed by atoms with E-state index in [1.54, 1.807) is 0 Å². The minimum absolute atomic E-state index is 0.0431. The largest absolute Gasteiger partial charge is 0.396 e. The Morgan fingerprint density at radius 2 is 1.76 bits per heavy atom. The molecular formula is C29H35N3O2. The average Bonchev–Trinajstić information content (AvgIpc) is 3.17. The number of amides is 1. The Morgan fingerprint density at radius 1 is 1.06 bits per heavy atom. The van der Waals surface area contributed by atoms with Gasteiger partial charge in [0.25, 0.3) is 0 Å². The van der Waals surface area contributed by atoms with E-state index in [0.29, 0.717) is 18.9 Å². The minimum atomic E-state index is -0.0431. The van der Waals surface area contributed by atoms with E-state index in [9.17, 15) is 4.79 Å². The normalized spacial score (nSPS) is 22.7. The topological polar surface area (TPSA) is 64.9 Å². The molecule has 34 heavy (non-hydrogen) atoms. The monoisotopic (exact) mass is 457 g/mol.